The maximum atomic E-state index is 3.79. The second-order valence-electron chi connectivity index (χ2n) is 1.21. The Bertz CT molecular complexity index is 107. The van der Waals surface area contributed by atoms with E-state index < -0.39 is 0 Å². The standard InChI is InChI=1S/C5H5N.CH3.Rb.W/c1-5-3-2-4-6-5;;;/h2H2,1H3;1H3;;/q-2;-1;+1;+2. The number of nitrogens with zero attached hydrogens (tertiary/aromatic N) is 1. The van der Waals surface area contributed by atoms with Gasteiger partial charge in [0, 0.05) is 0 Å². The van der Waals surface area contributed by atoms with Crippen LogP contribution < -0.4 is 58.2 Å². The van der Waals surface area contributed by atoms with Crippen LogP contribution in [0.4, 0.5) is 0 Å². The smallest absolute Gasteiger partial charge is 0.593 e. The Kier molecular flexibility index (Phi) is 18.8. The van der Waals surface area contributed by atoms with Crippen LogP contribution in [-0.2, 0) is 21.1 Å². The predicted octanol–water partition coefficient (Wildman–Crippen LogP) is -1.50. The van der Waals surface area contributed by atoms with Crippen molar-refractivity contribution in [2.75, 3.05) is 0 Å². The van der Waals surface area contributed by atoms with Crippen molar-refractivity contribution in [3.63, 3.8) is 0 Å². The normalized spacial score (nSPS) is 12.3. The first-order valence-electron chi connectivity index (χ1n) is 1.90. The summed E-state index contributed by atoms with van der Waals surface area (Å²) in [5.41, 5.74) is 0.968. The SMILES string of the molecule is CC1=[C-]C[C-]=N1.[CH3-].[Rb+].[W+2]. The van der Waals surface area contributed by atoms with Crippen molar-refractivity contribution in [2.24, 2.45) is 4.99 Å². The van der Waals surface area contributed by atoms with E-state index in [1.807, 2.05) is 6.92 Å². The van der Waals surface area contributed by atoms with E-state index in [2.05, 4.69) is 17.3 Å². The summed E-state index contributed by atoms with van der Waals surface area (Å²) in [6.45, 7) is 1.92. The van der Waals surface area contributed by atoms with E-state index in [0.717, 1.165) is 12.1 Å². The minimum atomic E-state index is 0. The van der Waals surface area contributed by atoms with Crippen molar-refractivity contribution in [1.29, 1.82) is 0 Å². The van der Waals surface area contributed by atoms with Crippen molar-refractivity contribution in [2.45, 2.75) is 13.3 Å². The molecule has 0 saturated carbocycles. The first-order chi connectivity index (χ1) is 2.89. The van der Waals surface area contributed by atoms with Gasteiger partial charge < -0.3 is 24.2 Å². The molecule has 0 saturated heterocycles. The molecule has 3 heteroatoms. The van der Waals surface area contributed by atoms with Gasteiger partial charge in [0.15, 0.2) is 0 Å². The maximum Gasteiger partial charge on any atom is 2.00 e. The first kappa shape index (κ1) is 17.1. The summed E-state index contributed by atoms with van der Waals surface area (Å²) >= 11 is 0. The molecule has 0 spiro atoms. The average molecular weight is 363 g/mol. The Morgan fingerprint density at radius 3 is 2.22 bits per heavy atom. The van der Waals surface area contributed by atoms with E-state index in [9.17, 15) is 0 Å². The topological polar surface area (TPSA) is 12.4 Å². The average Bonchev–Trinajstić information content (AvgIpc) is 1.86. The van der Waals surface area contributed by atoms with Gasteiger partial charge in [0.25, 0.3) is 0 Å². The molecule has 0 atom stereocenters. The van der Waals surface area contributed by atoms with Crippen LogP contribution in [0.1, 0.15) is 13.3 Å². The quantitative estimate of drug-likeness (QED) is 0.465. The van der Waals surface area contributed by atoms with Gasteiger partial charge in [-0.15, -0.1) is 6.92 Å². The third-order valence-electron chi connectivity index (χ3n) is 0.670. The second-order valence-corrected chi connectivity index (χ2v) is 1.21. The Hall–Kier alpha value is 1.90. The Morgan fingerprint density at radius 2 is 2.11 bits per heavy atom. The largest absolute Gasteiger partial charge is 2.00 e. The Labute approximate surface area is 120 Å². The molecule has 0 fully saturated rings. The van der Waals surface area contributed by atoms with E-state index in [-0.39, 0.29) is 86.7 Å². The van der Waals surface area contributed by atoms with Gasteiger partial charge in [0.2, 0.25) is 0 Å². The zero-order valence-electron chi connectivity index (χ0n) is 6.06. The van der Waals surface area contributed by atoms with Gasteiger partial charge >= 0.3 is 79.3 Å². The van der Waals surface area contributed by atoms with E-state index >= 15 is 0 Å². The fourth-order valence-electron chi connectivity index (χ4n) is 0.365. The fraction of sp³-hybridized carbons (Fsp3) is 0.333. The van der Waals surface area contributed by atoms with Gasteiger partial charge in [-0.25, -0.2) is 12.6 Å². The summed E-state index contributed by atoms with van der Waals surface area (Å²) in [4.78, 5) is 3.79. The molecule has 0 bridgehead atoms. The summed E-state index contributed by atoms with van der Waals surface area (Å²) in [5, 5.41) is 0. The molecule has 44 valence electrons. The number of aliphatic imine (C=N–C) groups is 1. The molecule has 0 aliphatic carbocycles. The molecule has 0 aromatic carbocycles. The molecule has 1 rings (SSSR count). The van der Waals surface area contributed by atoms with Gasteiger partial charge in [-0.2, -0.15) is 0 Å². The van der Waals surface area contributed by atoms with Crippen molar-refractivity contribution in [3.8, 4) is 0 Å². The van der Waals surface area contributed by atoms with Crippen molar-refractivity contribution < 1.29 is 79.3 Å². The molecular weight excluding hydrogens is 355 g/mol. The van der Waals surface area contributed by atoms with Gasteiger partial charge in [-0.3, -0.25) is 0 Å². The molecule has 1 heterocycles. The van der Waals surface area contributed by atoms with Crippen LogP contribution in [0.2, 0.25) is 0 Å². The predicted molar refractivity (Wildman–Crippen MR) is 30.9 cm³/mol. The fourth-order valence-corrected chi connectivity index (χ4v) is 0.365. The third-order valence-corrected chi connectivity index (χ3v) is 0.670. The maximum absolute atomic E-state index is 3.79. The number of rotatable bonds is 0. The number of allylic oxidation sites excluding steroid dienone is 2. The molecule has 0 N–H and O–H groups in total. The summed E-state index contributed by atoms with van der Waals surface area (Å²) in [5.74, 6) is 0. The molecule has 1 aliphatic heterocycles. The van der Waals surface area contributed by atoms with Crippen LogP contribution >= 0.6 is 0 Å². The molecule has 0 radical (unpaired) electrons. The molecular formula is C6H8NRbW. The minimum Gasteiger partial charge on any atom is -0.593 e. The van der Waals surface area contributed by atoms with Crippen LogP contribution in [0.5, 0.6) is 0 Å². The van der Waals surface area contributed by atoms with Gasteiger partial charge in [0.1, 0.15) is 0 Å². The van der Waals surface area contributed by atoms with Crippen molar-refractivity contribution in [1.82, 2.24) is 0 Å². The van der Waals surface area contributed by atoms with E-state index in [4.69, 9.17) is 0 Å². The monoisotopic (exact) mass is 363 g/mol. The van der Waals surface area contributed by atoms with E-state index in [1.165, 1.54) is 0 Å². The van der Waals surface area contributed by atoms with Crippen molar-refractivity contribution >= 4 is 6.21 Å². The summed E-state index contributed by atoms with van der Waals surface area (Å²) in [7, 11) is 0. The molecule has 0 amide bonds. The second kappa shape index (κ2) is 9.90. The van der Waals surface area contributed by atoms with E-state index in [1.54, 1.807) is 0 Å². The van der Waals surface area contributed by atoms with Gasteiger partial charge in [-0.1, -0.05) is 0 Å². The third kappa shape index (κ3) is 7.80. The molecule has 0 aromatic heterocycles. The van der Waals surface area contributed by atoms with Crippen LogP contribution in [0.25, 0.3) is 0 Å². The van der Waals surface area contributed by atoms with Gasteiger partial charge in [-0.05, 0) is 0 Å². The van der Waals surface area contributed by atoms with Gasteiger partial charge in [0.05, 0.1) is 0 Å². The molecule has 0 aromatic rings. The number of hydrogen-bond donors (Lipinski definition) is 0. The van der Waals surface area contributed by atoms with E-state index in [0.29, 0.717) is 0 Å². The summed E-state index contributed by atoms with van der Waals surface area (Å²) in [6, 6.07) is 0. The zero-order chi connectivity index (χ0) is 4.41. The van der Waals surface area contributed by atoms with Crippen LogP contribution in [-0.4, -0.2) is 6.21 Å². The van der Waals surface area contributed by atoms with Crippen LogP contribution in [0, 0.1) is 13.5 Å². The van der Waals surface area contributed by atoms with Crippen LogP contribution in [0.15, 0.2) is 10.7 Å². The first-order valence-corrected chi connectivity index (χ1v) is 1.90. The summed E-state index contributed by atoms with van der Waals surface area (Å²) in [6.07, 6.45) is 6.49. The number of hydrogen-bond acceptors (Lipinski definition) is 1. The molecule has 1 aliphatic rings. The summed E-state index contributed by atoms with van der Waals surface area (Å²) < 4.78 is 0. The molecule has 0 unspecified atom stereocenters. The van der Waals surface area contributed by atoms with Crippen LogP contribution in [0.3, 0.4) is 0 Å². The molecule has 1 nitrogen and oxygen atoms in total. The molecule has 9 heavy (non-hydrogen) atoms. The Morgan fingerprint density at radius 1 is 1.56 bits per heavy atom. The zero-order valence-corrected chi connectivity index (χ0v) is 13.9. The Balaban J connectivity index is -0.000000120. The minimum absolute atomic E-state index is 0. The van der Waals surface area contributed by atoms with Crippen molar-refractivity contribution in [3.05, 3.63) is 19.2 Å².